The predicted octanol–water partition coefficient (Wildman–Crippen LogP) is 4.14. The molecule has 0 saturated heterocycles. The Morgan fingerprint density at radius 1 is 1.04 bits per heavy atom. The number of anilines is 2. The first-order chi connectivity index (χ1) is 11.4. The maximum atomic E-state index is 12.5. The van der Waals surface area contributed by atoms with Gasteiger partial charge in [-0.3, -0.25) is 9.59 Å². The van der Waals surface area contributed by atoms with Crippen molar-refractivity contribution >= 4 is 35.0 Å². The third-order valence-electron chi connectivity index (χ3n) is 3.02. The van der Waals surface area contributed by atoms with Crippen LogP contribution in [0.5, 0.6) is 0 Å². The van der Waals surface area contributed by atoms with Crippen molar-refractivity contribution in [2.75, 3.05) is 10.6 Å². The number of carbonyl (C=O) groups excluding carboxylic acids is 2. The van der Waals surface area contributed by atoms with Gasteiger partial charge in [0.2, 0.25) is 11.8 Å². The largest absolute Gasteiger partial charge is 0.326 e. The first-order valence-corrected chi connectivity index (χ1v) is 8.02. The Balaban J connectivity index is 1.99. The van der Waals surface area contributed by atoms with E-state index >= 15 is 0 Å². The number of rotatable bonds is 6. The molecule has 0 unspecified atom stereocenters. The molecule has 2 aromatic carbocycles. The third-order valence-corrected chi connectivity index (χ3v) is 3.80. The molecule has 126 valence electrons. The van der Waals surface area contributed by atoms with Crippen LogP contribution >= 0.6 is 11.8 Å². The molecule has 0 aliphatic rings. The highest BCUT2D eigenvalue weighted by Gasteiger charge is 2.12. The molecule has 0 bridgehead atoms. The molecule has 0 fully saturated rings. The SMILES string of the molecule is CC(=O)Nc1ccc(CC(=O)Nc2ccccc2SC(F)F)cc1. The zero-order chi connectivity index (χ0) is 17.5. The molecule has 2 rings (SSSR count). The topological polar surface area (TPSA) is 58.2 Å². The van der Waals surface area contributed by atoms with Crippen LogP contribution in [0.2, 0.25) is 0 Å². The Morgan fingerprint density at radius 2 is 1.71 bits per heavy atom. The summed E-state index contributed by atoms with van der Waals surface area (Å²) < 4.78 is 25.1. The summed E-state index contributed by atoms with van der Waals surface area (Å²) in [6, 6.07) is 13.3. The quantitative estimate of drug-likeness (QED) is 0.770. The smallest absolute Gasteiger partial charge is 0.288 e. The summed E-state index contributed by atoms with van der Waals surface area (Å²) in [7, 11) is 0. The first kappa shape index (κ1) is 17.9. The van der Waals surface area contributed by atoms with Crippen LogP contribution < -0.4 is 10.6 Å². The zero-order valence-electron chi connectivity index (χ0n) is 12.9. The van der Waals surface area contributed by atoms with Gasteiger partial charge in [-0.25, -0.2) is 0 Å². The van der Waals surface area contributed by atoms with Crippen molar-refractivity contribution in [2.45, 2.75) is 24.0 Å². The molecule has 4 nitrogen and oxygen atoms in total. The standard InChI is InChI=1S/C17H16F2N2O2S/c1-11(22)20-13-8-6-12(7-9-13)10-16(23)21-14-4-2-3-5-15(14)24-17(18)19/h2-9,17H,10H2,1H3,(H,20,22)(H,21,23). The van der Waals surface area contributed by atoms with Crippen LogP contribution in [0.4, 0.5) is 20.2 Å². The van der Waals surface area contributed by atoms with Gasteiger partial charge < -0.3 is 10.6 Å². The van der Waals surface area contributed by atoms with E-state index in [1.54, 1.807) is 42.5 Å². The molecule has 0 aromatic heterocycles. The van der Waals surface area contributed by atoms with Gasteiger partial charge >= 0.3 is 0 Å². The second-order valence-corrected chi connectivity index (χ2v) is 6.01. The maximum Gasteiger partial charge on any atom is 0.288 e. The van der Waals surface area contributed by atoms with Gasteiger partial charge in [-0.2, -0.15) is 8.78 Å². The van der Waals surface area contributed by atoms with Gasteiger partial charge in [0.15, 0.2) is 0 Å². The zero-order valence-corrected chi connectivity index (χ0v) is 13.7. The summed E-state index contributed by atoms with van der Waals surface area (Å²) in [6.07, 6.45) is 0.105. The van der Waals surface area contributed by atoms with Crippen LogP contribution in [0.1, 0.15) is 12.5 Å². The molecule has 2 amide bonds. The number of hydrogen-bond donors (Lipinski definition) is 2. The number of amides is 2. The molecule has 24 heavy (non-hydrogen) atoms. The lowest BCUT2D eigenvalue weighted by Crippen LogP contribution is -2.15. The van der Waals surface area contributed by atoms with Gasteiger partial charge in [-0.15, -0.1) is 0 Å². The number of alkyl halides is 2. The average molecular weight is 350 g/mol. The first-order valence-electron chi connectivity index (χ1n) is 7.14. The molecule has 0 aliphatic heterocycles. The van der Waals surface area contributed by atoms with E-state index in [2.05, 4.69) is 10.6 Å². The van der Waals surface area contributed by atoms with E-state index in [4.69, 9.17) is 0 Å². The van der Waals surface area contributed by atoms with Crippen molar-refractivity contribution in [1.82, 2.24) is 0 Å². The van der Waals surface area contributed by atoms with Crippen molar-refractivity contribution in [3.8, 4) is 0 Å². The lowest BCUT2D eigenvalue weighted by atomic mass is 10.1. The van der Waals surface area contributed by atoms with Gasteiger partial charge in [0.05, 0.1) is 12.1 Å². The fourth-order valence-corrected chi connectivity index (χ4v) is 2.65. The van der Waals surface area contributed by atoms with E-state index in [1.165, 1.54) is 13.0 Å². The number of carbonyl (C=O) groups is 2. The number of para-hydroxylation sites is 1. The van der Waals surface area contributed by atoms with Crippen LogP contribution in [0.3, 0.4) is 0 Å². The minimum atomic E-state index is -2.55. The van der Waals surface area contributed by atoms with Crippen molar-refractivity contribution in [2.24, 2.45) is 0 Å². The number of halogens is 2. The molecule has 2 N–H and O–H groups in total. The van der Waals surface area contributed by atoms with E-state index in [0.29, 0.717) is 28.0 Å². The molecule has 0 heterocycles. The van der Waals surface area contributed by atoms with Crippen LogP contribution in [-0.4, -0.2) is 17.6 Å². The fraction of sp³-hybridized carbons (Fsp3) is 0.176. The Kier molecular flexibility index (Phi) is 6.31. The molecule has 0 spiro atoms. The van der Waals surface area contributed by atoms with Gasteiger partial charge in [0.1, 0.15) is 0 Å². The number of nitrogens with one attached hydrogen (secondary N) is 2. The van der Waals surface area contributed by atoms with Crippen LogP contribution in [0.25, 0.3) is 0 Å². The van der Waals surface area contributed by atoms with E-state index in [1.807, 2.05) is 0 Å². The lowest BCUT2D eigenvalue weighted by Gasteiger charge is -2.10. The maximum absolute atomic E-state index is 12.5. The van der Waals surface area contributed by atoms with Gasteiger partial charge in [-0.1, -0.05) is 36.0 Å². The van der Waals surface area contributed by atoms with Gasteiger partial charge in [0.25, 0.3) is 5.76 Å². The summed E-state index contributed by atoms with van der Waals surface area (Å²) in [5.74, 6) is -3.03. The highest BCUT2D eigenvalue weighted by atomic mass is 32.2. The molecule has 2 aromatic rings. The summed E-state index contributed by atoms with van der Waals surface area (Å²) in [4.78, 5) is 23.4. The predicted molar refractivity (Wildman–Crippen MR) is 91.4 cm³/mol. The summed E-state index contributed by atoms with van der Waals surface area (Å²) in [6.45, 7) is 1.41. The Bertz CT molecular complexity index is 721. The van der Waals surface area contributed by atoms with Crippen LogP contribution in [-0.2, 0) is 16.0 Å². The van der Waals surface area contributed by atoms with E-state index in [0.717, 1.165) is 5.56 Å². The number of hydrogen-bond acceptors (Lipinski definition) is 3. The Morgan fingerprint density at radius 3 is 2.33 bits per heavy atom. The van der Waals surface area contributed by atoms with E-state index in [-0.39, 0.29) is 18.2 Å². The molecule has 0 radical (unpaired) electrons. The average Bonchev–Trinajstić information content (AvgIpc) is 2.50. The normalized spacial score (nSPS) is 10.5. The summed E-state index contributed by atoms with van der Waals surface area (Å²) in [5.41, 5.74) is 1.76. The Hall–Kier alpha value is -2.41. The molecule has 0 saturated carbocycles. The second-order valence-electron chi connectivity index (χ2n) is 4.98. The van der Waals surface area contributed by atoms with E-state index < -0.39 is 5.76 Å². The van der Waals surface area contributed by atoms with Crippen molar-refractivity contribution in [3.05, 3.63) is 54.1 Å². The number of benzene rings is 2. The molecular weight excluding hydrogens is 334 g/mol. The monoisotopic (exact) mass is 350 g/mol. The van der Waals surface area contributed by atoms with Crippen molar-refractivity contribution in [3.63, 3.8) is 0 Å². The summed E-state index contributed by atoms with van der Waals surface area (Å²) in [5, 5.41) is 5.29. The molecule has 0 atom stereocenters. The minimum Gasteiger partial charge on any atom is -0.326 e. The van der Waals surface area contributed by atoms with E-state index in [9.17, 15) is 18.4 Å². The molecule has 7 heteroatoms. The van der Waals surface area contributed by atoms with Crippen molar-refractivity contribution in [1.29, 1.82) is 0 Å². The minimum absolute atomic E-state index is 0.105. The number of thioether (sulfide) groups is 1. The second kappa shape index (κ2) is 8.44. The highest BCUT2D eigenvalue weighted by molar-refractivity contribution is 7.99. The van der Waals surface area contributed by atoms with Gasteiger partial charge in [0, 0.05) is 17.5 Å². The fourth-order valence-electron chi connectivity index (χ4n) is 2.06. The van der Waals surface area contributed by atoms with Crippen molar-refractivity contribution < 1.29 is 18.4 Å². The Labute approximate surface area is 142 Å². The molecular formula is C17H16F2N2O2S. The molecule has 0 aliphatic carbocycles. The van der Waals surface area contributed by atoms with Crippen LogP contribution in [0.15, 0.2) is 53.4 Å². The lowest BCUT2D eigenvalue weighted by molar-refractivity contribution is -0.116. The third kappa shape index (κ3) is 5.66. The summed E-state index contributed by atoms with van der Waals surface area (Å²) >= 11 is 0.393. The van der Waals surface area contributed by atoms with Gasteiger partial charge in [-0.05, 0) is 29.8 Å². The highest BCUT2D eigenvalue weighted by Crippen LogP contribution is 2.31. The van der Waals surface area contributed by atoms with Crippen LogP contribution in [0, 0.1) is 0 Å².